The van der Waals surface area contributed by atoms with Crippen molar-refractivity contribution in [1.29, 1.82) is 0 Å². The Morgan fingerprint density at radius 1 is 1.31 bits per heavy atom. The topological polar surface area (TPSA) is 20.2 Å². The summed E-state index contributed by atoms with van der Waals surface area (Å²) in [5.74, 6) is 1.30. The Morgan fingerprint density at radius 3 is 2.38 bits per heavy atom. The van der Waals surface area contributed by atoms with Crippen molar-refractivity contribution in [2.75, 3.05) is 0 Å². The van der Waals surface area contributed by atoms with Crippen LogP contribution >= 0.6 is 0 Å². The largest absolute Gasteiger partial charge is 0.390 e. The average molecular weight is 184 g/mol. The van der Waals surface area contributed by atoms with E-state index in [0.29, 0.717) is 5.92 Å². The summed E-state index contributed by atoms with van der Waals surface area (Å²) < 4.78 is 0. The molecule has 3 atom stereocenters. The lowest BCUT2D eigenvalue weighted by Gasteiger charge is -2.35. The van der Waals surface area contributed by atoms with Gasteiger partial charge in [-0.15, -0.1) is 0 Å². The second kappa shape index (κ2) is 4.45. The van der Waals surface area contributed by atoms with Crippen LogP contribution in [0.25, 0.3) is 0 Å². The molecule has 0 spiro atoms. The maximum absolute atomic E-state index is 10.5. The molecule has 1 rings (SSSR count). The van der Waals surface area contributed by atoms with Gasteiger partial charge in [0.1, 0.15) is 0 Å². The number of hydrogen-bond acceptors (Lipinski definition) is 1. The third kappa shape index (κ3) is 2.25. The van der Waals surface area contributed by atoms with Gasteiger partial charge in [0.2, 0.25) is 0 Å². The highest BCUT2D eigenvalue weighted by Crippen LogP contribution is 2.42. The summed E-state index contributed by atoms with van der Waals surface area (Å²) in [6, 6.07) is 0. The molecule has 0 amide bonds. The molecule has 0 saturated heterocycles. The van der Waals surface area contributed by atoms with E-state index >= 15 is 0 Å². The summed E-state index contributed by atoms with van der Waals surface area (Å²) in [7, 11) is 0. The lowest BCUT2D eigenvalue weighted by Crippen LogP contribution is -2.38. The zero-order valence-corrected chi connectivity index (χ0v) is 9.34. The Balaban J connectivity index is 2.63. The van der Waals surface area contributed by atoms with Crippen LogP contribution in [0.5, 0.6) is 0 Å². The fourth-order valence-corrected chi connectivity index (χ4v) is 3.00. The van der Waals surface area contributed by atoms with Gasteiger partial charge in [0.05, 0.1) is 5.60 Å². The summed E-state index contributed by atoms with van der Waals surface area (Å²) in [6.07, 6.45) is 6.89. The molecule has 0 bridgehead atoms. The minimum atomic E-state index is -0.356. The molecule has 3 unspecified atom stereocenters. The molecule has 1 aliphatic carbocycles. The molecule has 1 aliphatic rings. The van der Waals surface area contributed by atoms with E-state index in [-0.39, 0.29) is 5.60 Å². The van der Waals surface area contributed by atoms with Crippen LogP contribution in [0.4, 0.5) is 0 Å². The Bertz CT molecular complexity index is 155. The summed E-state index contributed by atoms with van der Waals surface area (Å²) in [6.45, 7) is 6.59. The van der Waals surface area contributed by atoms with Crippen LogP contribution in [0, 0.1) is 11.8 Å². The molecule has 1 saturated carbocycles. The van der Waals surface area contributed by atoms with Gasteiger partial charge in [-0.25, -0.2) is 0 Å². The first-order valence-electron chi connectivity index (χ1n) is 5.86. The van der Waals surface area contributed by atoms with Gasteiger partial charge in [0, 0.05) is 0 Å². The van der Waals surface area contributed by atoms with E-state index in [2.05, 4.69) is 20.8 Å². The lowest BCUT2D eigenvalue weighted by atomic mass is 9.76. The van der Waals surface area contributed by atoms with Crippen molar-refractivity contribution in [3.8, 4) is 0 Å². The van der Waals surface area contributed by atoms with E-state index < -0.39 is 0 Å². The average Bonchev–Trinajstić information content (AvgIpc) is 2.52. The third-order valence-electron chi connectivity index (χ3n) is 3.85. The van der Waals surface area contributed by atoms with Gasteiger partial charge in [-0.2, -0.15) is 0 Å². The van der Waals surface area contributed by atoms with Crippen LogP contribution < -0.4 is 0 Å². The van der Waals surface area contributed by atoms with Crippen LogP contribution in [0.2, 0.25) is 0 Å². The maximum atomic E-state index is 10.5. The smallest absolute Gasteiger partial charge is 0.0675 e. The Kier molecular flexibility index (Phi) is 3.78. The Morgan fingerprint density at radius 2 is 2.00 bits per heavy atom. The van der Waals surface area contributed by atoms with Gasteiger partial charge in [0.15, 0.2) is 0 Å². The number of rotatable bonds is 4. The van der Waals surface area contributed by atoms with Gasteiger partial charge < -0.3 is 5.11 Å². The van der Waals surface area contributed by atoms with Gasteiger partial charge in [-0.05, 0) is 31.1 Å². The minimum absolute atomic E-state index is 0.356. The molecular weight excluding hydrogens is 160 g/mol. The molecule has 0 aliphatic heterocycles. The zero-order valence-electron chi connectivity index (χ0n) is 9.34. The fourth-order valence-electron chi connectivity index (χ4n) is 3.00. The molecule has 0 aromatic heterocycles. The van der Waals surface area contributed by atoms with Gasteiger partial charge in [-0.1, -0.05) is 40.0 Å². The van der Waals surface area contributed by atoms with Gasteiger partial charge >= 0.3 is 0 Å². The second-order valence-electron chi connectivity index (χ2n) is 4.72. The lowest BCUT2D eigenvalue weighted by molar-refractivity contribution is -0.0422. The van der Waals surface area contributed by atoms with E-state index in [1.807, 2.05) is 0 Å². The van der Waals surface area contributed by atoms with Crippen LogP contribution in [-0.2, 0) is 0 Å². The first-order valence-corrected chi connectivity index (χ1v) is 5.86. The fraction of sp³-hybridized carbons (Fsp3) is 1.00. The van der Waals surface area contributed by atoms with Crippen molar-refractivity contribution in [1.82, 2.24) is 0 Å². The zero-order chi connectivity index (χ0) is 9.90. The van der Waals surface area contributed by atoms with Gasteiger partial charge in [-0.3, -0.25) is 0 Å². The molecule has 0 aromatic rings. The van der Waals surface area contributed by atoms with E-state index in [1.54, 1.807) is 0 Å². The highest BCUT2D eigenvalue weighted by molar-refractivity contribution is 4.91. The molecule has 0 heterocycles. The maximum Gasteiger partial charge on any atom is 0.0675 e. The van der Waals surface area contributed by atoms with E-state index in [4.69, 9.17) is 0 Å². The molecule has 1 nitrogen and oxygen atoms in total. The van der Waals surface area contributed by atoms with Crippen molar-refractivity contribution >= 4 is 0 Å². The van der Waals surface area contributed by atoms with Crippen molar-refractivity contribution in [2.24, 2.45) is 11.8 Å². The molecule has 1 N–H and O–H groups in total. The highest BCUT2D eigenvalue weighted by Gasteiger charge is 2.39. The summed E-state index contributed by atoms with van der Waals surface area (Å²) in [5.41, 5.74) is -0.356. The normalized spacial score (nSPS) is 33.2. The van der Waals surface area contributed by atoms with Gasteiger partial charge in [0.25, 0.3) is 0 Å². The Labute approximate surface area is 82.5 Å². The SMILES string of the molecule is CCCC(O)(CC)C1CCCC1C. The molecule has 1 heteroatoms. The van der Waals surface area contributed by atoms with Crippen molar-refractivity contribution < 1.29 is 5.11 Å². The van der Waals surface area contributed by atoms with Crippen LogP contribution in [0.1, 0.15) is 59.3 Å². The molecular formula is C12H24O. The first kappa shape index (κ1) is 11.0. The summed E-state index contributed by atoms with van der Waals surface area (Å²) >= 11 is 0. The quantitative estimate of drug-likeness (QED) is 0.710. The predicted molar refractivity (Wildman–Crippen MR) is 56.7 cm³/mol. The monoisotopic (exact) mass is 184 g/mol. The van der Waals surface area contributed by atoms with Crippen LogP contribution in [-0.4, -0.2) is 10.7 Å². The molecule has 13 heavy (non-hydrogen) atoms. The van der Waals surface area contributed by atoms with E-state index in [9.17, 15) is 5.11 Å². The minimum Gasteiger partial charge on any atom is -0.390 e. The third-order valence-corrected chi connectivity index (χ3v) is 3.85. The van der Waals surface area contributed by atoms with E-state index in [1.165, 1.54) is 19.3 Å². The molecule has 0 aromatic carbocycles. The van der Waals surface area contributed by atoms with Crippen molar-refractivity contribution in [3.05, 3.63) is 0 Å². The number of hydrogen-bond donors (Lipinski definition) is 1. The van der Waals surface area contributed by atoms with Crippen molar-refractivity contribution in [3.63, 3.8) is 0 Å². The Hall–Kier alpha value is -0.0400. The summed E-state index contributed by atoms with van der Waals surface area (Å²) in [5, 5.41) is 10.5. The van der Waals surface area contributed by atoms with E-state index in [0.717, 1.165) is 25.2 Å². The van der Waals surface area contributed by atoms with Crippen LogP contribution in [0.15, 0.2) is 0 Å². The van der Waals surface area contributed by atoms with Crippen LogP contribution in [0.3, 0.4) is 0 Å². The molecule has 1 fully saturated rings. The van der Waals surface area contributed by atoms with Crippen molar-refractivity contribution in [2.45, 2.75) is 64.9 Å². The highest BCUT2D eigenvalue weighted by atomic mass is 16.3. The standard InChI is InChI=1S/C12H24O/c1-4-9-12(13,5-2)11-8-6-7-10(11)3/h10-11,13H,4-9H2,1-3H3. The first-order chi connectivity index (χ1) is 6.14. The molecule has 0 radical (unpaired) electrons. The predicted octanol–water partition coefficient (Wildman–Crippen LogP) is 3.36. The second-order valence-corrected chi connectivity index (χ2v) is 4.72. The summed E-state index contributed by atoms with van der Waals surface area (Å²) in [4.78, 5) is 0. The number of aliphatic hydroxyl groups is 1. The molecule has 78 valence electrons.